The smallest absolute Gasteiger partial charge is 0.104 e. The molecular weight excluding hydrogens is 1360 g/mol. The molecule has 3 nitrogen and oxygen atoms in total. The van der Waals surface area contributed by atoms with Crippen LogP contribution in [-0.4, -0.2) is 89.0 Å². The fourth-order valence-corrected chi connectivity index (χ4v) is 11.9. The molecule has 0 aromatic rings. The molecule has 0 N–H and O–H groups in total. The second-order valence-electron chi connectivity index (χ2n) is 30.8. The largest absolute Gasteiger partial charge is 0.327 e. The van der Waals surface area contributed by atoms with E-state index in [1.807, 2.05) is 0 Å². The third kappa shape index (κ3) is 38.0. The Hall–Kier alpha value is -15.5. The van der Waals surface area contributed by atoms with Crippen LogP contribution in [0.2, 0.25) is 0 Å². The third-order valence-corrected chi connectivity index (χ3v) is 18.9. The molecule has 4 aliphatic rings. The van der Waals surface area contributed by atoms with Crippen LogP contribution in [0.3, 0.4) is 0 Å². The van der Waals surface area contributed by atoms with E-state index in [4.69, 9.17) is 6.42 Å². The Labute approximate surface area is 686 Å². The molecule has 1 unspecified atom stereocenters. The first-order valence-corrected chi connectivity index (χ1v) is 34.6. The molecule has 0 spiro atoms. The van der Waals surface area contributed by atoms with Crippen LogP contribution in [0.4, 0.5) is 0 Å². The standard InChI is InChI=1S/C71H4.C17H34N.C14H30N.C7H18N.CH4/c1-3-5-7-9-11-13-15-17-19-21-23-25-27-29-31-33-35-37-39-41-43-45-47-49-51-53-55-57-59-61-63-65-67-69-71-70-68-66-64-62-60-58-56-54-52-50-48-46-44-42-40-38-36-34-32-30-28-26-24-22-20-18-16-14-12-10-8-6-4-2;1-14(2,3)11-12-13-16(6,7)18(10,15(12,4)5)17(13,8)9;1-12(2,3)10-11-13(4,5)15(8,9)14(11,6)7;1-7(2,3)8(4,5)6;/h1H,2H3;12-13H,11H2,1-10H3;11H,10H2,1-9H3;1-6H3;1H4/q;3*+1;. The van der Waals surface area contributed by atoms with Gasteiger partial charge >= 0.3 is 0 Å². The van der Waals surface area contributed by atoms with Gasteiger partial charge in [0.15, 0.2) is 0 Å². The molecule has 0 aromatic carbocycles. The molecule has 2 bridgehead atoms. The summed E-state index contributed by atoms with van der Waals surface area (Å²) < 4.78 is 3.40. The van der Waals surface area contributed by atoms with Crippen molar-refractivity contribution in [2.24, 2.45) is 28.6 Å². The first-order valence-electron chi connectivity index (χ1n) is 34.6. The Morgan fingerprint density at radius 1 is 0.257 bits per heavy atom. The van der Waals surface area contributed by atoms with Gasteiger partial charge in [-0.1, -0.05) is 54.9 Å². The normalized spacial score (nSPS) is 14.2. The highest BCUT2D eigenvalue weighted by Crippen LogP contribution is 2.73. The molecule has 0 aliphatic carbocycles. The molecule has 542 valence electrons. The van der Waals surface area contributed by atoms with E-state index >= 15 is 0 Å². The first kappa shape index (κ1) is 99.5. The SMILES string of the molecule is C.C#CC#CC#CC#CC#CC#CC#CC#CC#CC#CC#CC#CC#CC#CC#CC#CC#CC#CC#CC#CC#CC#CC#CC#CC#CC#CC#CC#CC#CC#CC#CC#CC#CC#CC#CC.CC(C)(C)CC1C(C)(C)[N+](C)(C)C1(C)C.CC(C)(C)CC1C2C(C)(C)[N+](C)(C1(C)C)C2(C)C.CC(C)(C)[N+](C)(C)C. The number of hydrogen-bond donors (Lipinski definition) is 0. The van der Waals surface area contributed by atoms with Crippen molar-refractivity contribution in [2.75, 3.05) is 42.3 Å². The van der Waals surface area contributed by atoms with E-state index in [0.717, 1.165) is 26.7 Å². The van der Waals surface area contributed by atoms with Crippen LogP contribution in [-0.2, 0) is 0 Å². The predicted molar refractivity (Wildman–Crippen MR) is 471 cm³/mol. The molecule has 0 amide bonds. The van der Waals surface area contributed by atoms with E-state index in [9.17, 15) is 0 Å². The zero-order valence-electron chi connectivity index (χ0n) is 69.6. The maximum absolute atomic E-state index is 4.95. The highest BCUT2D eigenvalue weighted by atomic mass is 15.6. The first-order chi connectivity index (χ1) is 52.7. The summed E-state index contributed by atoms with van der Waals surface area (Å²) in [6, 6.07) is 0. The molecule has 3 heteroatoms. The molecular formula is C110H90N3+3. The van der Waals surface area contributed by atoms with E-state index in [1.54, 1.807) is 6.92 Å². The minimum absolute atomic E-state index is 0. The van der Waals surface area contributed by atoms with Crippen LogP contribution in [0.15, 0.2) is 0 Å². The van der Waals surface area contributed by atoms with Crippen molar-refractivity contribution in [3.05, 3.63) is 0 Å². The van der Waals surface area contributed by atoms with Crippen molar-refractivity contribution in [1.29, 1.82) is 0 Å². The Bertz CT molecular complexity index is 6110. The van der Waals surface area contributed by atoms with Crippen molar-refractivity contribution >= 4 is 0 Å². The van der Waals surface area contributed by atoms with Crippen LogP contribution >= 0.6 is 0 Å². The maximum Gasteiger partial charge on any atom is 0.104 e. The average molecular weight is 1450 g/mol. The summed E-state index contributed by atoms with van der Waals surface area (Å²) in [6.07, 6.45) is 7.63. The number of hydrogen-bond acceptors (Lipinski definition) is 0. The van der Waals surface area contributed by atoms with Crippen LogP contribution in [0, 0.1) is 444 Å². The Morgan fingerprint density at radius 3 is 0.522 bits per heavy atom. The van der Waals surface area contributed by atoms with Crippen molar-refractivity contribution in [2.45, 2.75) is 192 Å². The number of fused-ring (bicyclic) bond motifs is 1. The molecule has 1 atom stereocenters. The fraction of sp³-hybridized carbons (Fsp3) is 0.364. The van der Waals surface area contributed by atoms with Gasteiger partial charge in [-0.15, -0.1) is 6.42 Å². The molecule has 0 radical (unpaired) electrons. The fourth-order valence-electron chi connectivity index (χ4n) is 11.9. The summed E-state index contributed by atoms with van der Waals surface area (Å²) in [5, 5.41) is 0. The van der Waals surface area contributed by atoms with Gasteiger partial charge in [0.25, 0.3) is 0 Å². The molecule has 4 rings (SSSR count). The Balaban J connectivity index is 0. The Morgan fingerprint density at radius 2 is 0.407 bits per heavy atom. The molecule has 0 aromatic heterocycles. The molecule has 4 fully saturated rings. The summed E-state index contributed by atoms with van der Waals surface area (Å²) >= 11 is 0. The highest BCUT2D eigenvalue weighted by Gasteiger charge is 2.86. The van der Waals surface area contributed by atoms with Crippen molar-refractivity contribution in [3.8, 4) is 415 Å². The lowest BCUT2D eigenvalue weighted by Crippen LogP contribution is -2.84. The number of likely N-dealkylation sites (tertiary alicyclic amines) is 1. The minimum atomic E-state index is 0. The van der Waals surface area contributed by atoms with Crippen molar-refractivity contribution in [3.63, 3.8) is 0 Å². The van der Waals surface area contributed by atoms with Crippen molar-refractivity contribution < 1.29 is 13.4 Å². The lowest BCUT2D eigenvalue weighted by Gasteiger charge is -2.71. The van der Waals surface area contributed by atoms with Crippen LogP contribution in [0.25, 0.3) is 0 Å². The van der Waals surface area contributed by atoms with Gasteiger partial charge in [-0.25, -0.2) is 0 Å². The summed E-state index contributed by atoms with van der Waals surface area (Å²) in [7, 11) is 13.9. The van der Waals surface area contributed by atoms with Crippen LogP contribution in [0.1, 0.15) is 159 Å². The van der Waals surface area contributed by atoms with E-state index < -0.39 is 0 Å². The lowest BCUT2D eigenvalue weighted by atomic mass is 9.56. The lowest BCUT2D eigenvalue weighted by molar-refractivity contribution is -1.06. The van der Waals surface area contributed by atoms with E-state index in [1.165, 1.54) is 17.3 Å². The summed E-state index contributed by atoms with van der Waals surface area (Å²) in [5.74, 6) is 174. The van der Waals surface area contributed by atoms with E-state index in [-0.39, 0.29) is 7.43 Å². The number of quaternary nitrogens is 3. The van der Waals surface area contributed by atoms with Gasteiger partial charge in [0.05, 0.1) is 65.2 Å². The molecule has 4 heterocycles. The van der Waals surface area contributed by atoms with Crippen molar-refractivity contribution in [1.82, 2.24) is 0 Å². The molecule has 4 saturated heterocycles. The van der Waals surface area contributed by atoms with Gasteiger partial charge < -0.3 is 13.4 Å². The number of nitrogens with zero attached hydrogens (tertiary/aromatic N) is 3. The highest BCUT2D eigenvalue weighted by molar-refractivity contribution is 5.53. The van der Waals surface area contributed by atoms with Crippen LogP contribution < -0.4 is 0 Å². The summed E-state index contributed by atoms with van der Waals surface area (Å²) in [4.78, 5) is 0. The predicted octanol–water partition coefficient (Wildman–Crippen LogP) is 11.0. The monoisotopic (exact) mass is 1450 g/mol. The quantitative estimate of drug-likeness (QED) is 0.191. The van der Waals surface area contributed by atoms with E-state index in [0.29, 0.717) is 44.1 Å². The van der Waals surface area contributed by atoms with Gasteiger partial charge in [-0.3, -0.25) is 0 Å². The van der Waals surface area contributed by atoms with Gasteiger partial charge in [0.1, 0.15) is 22.2 Å². The molecule has 113 heavy (non-hydrogen) atoms. The van der Waals surface area contributed by atoms with Gasteiger partial charge in [0, 0.05) is 314 Å². The zero-order valence-corrected chi connectivity index (χ0v) is 69.6. The van der Waals surface area contributed by atoms with E-state index in [2.05, 4.69) is 582 Å². The van der Waals surface area contributed by atoms with Crippen LogP contribution in [0.5, 0.6) is 0 Å². The number of rotatable bonds is 2. The molecule has 4 aliphatic heterocycles. The minimum Gasteiger partial charge on any atom is -0.327 e. The maximum atomic E-state index is 4.95. The van der Waals surface area contributed by atoms with Gasteiger partial charge in [-0.05, 0) is 215 Å². The second-order valence-corrected chi connectivity index (χ2v) is 30.8. The summed E-state index contributed by atoms with van der Waals surface area (Å²) in [6.45, 7) is 47.4. The summed E-state index contributed by atoms with van der Waals surface area (Å²) in [5.41, 5.74) is 3.34. The second kappa shape index (κ2) is 51.7. The van der Waals surface area contributed by atoms with Gasteiger partial charge in [0.2, 0.25) is 0 Å². The zero-order chi connectivity index (χ0) is 84.4. The average Bonchev–Trinajstić information content (AvgIpc) is 1.51. The number of terminal acetylenes is 1. The topological polar surface area (TPSA) is 0 Å². The Kier molecular flexibility index (Phi) is 45.5. The molecule has 0 saturated carbocycles. The van der Waals surface area contributed by atoms with Gasteiger partial charge in [-0.2, -0.15) is 0 Å². The third-order valence-electron chi connectivity index (χ3n) is 18.9.